The zero-order chi connectivity index (χ0) is 18.6. The summed E-state index contributed by atoms with van der Waals surface area (Å²) in [5.41, 5.74) is 4.60. The third-order valence-corrected chi connectivity index (χ3v) is 3.86. The fourth-order valence-electron chi connectivity index (χ4n) is 2.46. The van der Waals surface area contributed by atoms with E-state index in [-0.39, 0.29) is 5.91 Å². The smallest absolute Gasteiger partial charge is 0.305 e. The molecule has 0 saturated heterocycles. The van der Waals surface area contributed by atoms with Crippen LogP contribution in [0.1, 0.15) is 10.4 Å². The van der Waals surface area contributed by atoms with Crippen LogP contribution in [0.3, 0.4) is 0 Å². The molecule has 0 radical (unpaired) electrons. The van der Waals surface area contributed by atoms with Crippen molar-refractivity contribution in [3.63, 3.8) is 0 Å². The summed E-state index contributed by atoms with van der Waals surface area (Å²) in [4.78, 5) is 12.1. The minimum absolute atomic E-state index is 0.350. The van der Waals surface area contributed by atoms with Crippen molar-refractivity contribution in [2.45, 2.75) is 0 Å². The van der Waals surface area contributed by atoms with Gasteiger partial charge in [-0.25, -0.2) is 4.39 Å². The molecule has 0 aliphatic carbocycles. The van der Waals surface area contributed by atoms with Crippen molar-refractivity contribution in [1.29, 1.82) is 0 Å². The molecule has 1 N–H and O–H groups in total. The lowest BCUT2D eigenvalue weighted by molar-refractivity contribution is -0.641. The first kappa shape index (κ1) is 16.6. The second kappa shape index (κ2) is 7.17. The molecule has 1 amide bonds. The van der Waals surface area contributed by atoms with Gasteiger partial charge in [0, 0.05) is 23.3 Å². The van der Waals surface area contributed by atoms with Gasteiger partial charge < -0.3 is 4.42 Å². The van der Waals surface area contributed by atoms with Crippen molar-refractivity contribution in [2.24, 2.45) is 0 Å². The number of carbonyl (C=O) groups excluding carboxylic acids is 1. The minimum Gasteiger partial charge on any atom is -0.416 e. The first-order valence-electron chi connectivity index (χ1n) is 8.16. The Morgan fingerprint density at radius 3 is 2.07 bits per heavy atom. The van der Waals surface area contributed by atoms with E-state index in [1.165, 1.54) is 28.9 Å². The zero-order valence-electron chi connectivity index (χ0n) is 14.0. The highest BCUT2D eigenvalue weighted by Crippen LogP contribution is 2.22. The standard InChI is InChI=1S/C20H13FN4O2/c21-17-8-6-14(7-9-17)18(26)24-25-12-10-16(11-13-25)20-23-22-19(27-20)15-4-2-1-3-5-15/h1-13H/p+1. The SMILES string of the molecule is O=C(N[n+]1ccc(-c2nnc(-c3ccccc3)o2)cc1)c1ccc(F)cc1. The lowest BCUT2D eigenvalue weighted by Crippen LogP contribution is -2.47. The van der Waals surface area contributed by atoms with Crippen LogP contribution in [0.2, 0.25) is 0 Å². The van der Waals surface area contributed by atoms with E-state index in [9.17, 15) is 9.18 Å². The second-order valence-electron chi connectivity index (χ2n) is 5.72. The maximum Gasteiger partial charge on any atom is 0.305 e. The third kappa shape index (κ3) is 3.72. The van der Waals surface area contributed by atoms with Crippen LogP contribution < -0.4 is 10.1 Å². The Bertz CT molecular complexity index is 1060. The topological polar surface area (TPSA) is 71.9 Å². The largest absolute Gasteiger partial charge is 0.416 e. The van der Waals surface area contributed by atoms with Gasteiger partial charge in [0.25, 0.3) is 0 Å². The lowest BCUT2D eigenvalue weighted by Gasteiger charge is -2.00. The fourth-order valence-corrected chi connectivity index (χ4v) is 2.46. The first-order chi connectivity index (χ1) is 13.2. The molecule has 2 aromatic carbocycles. The molecular weight excluding hydrogens is 347 g/mol. The molecular formula is C20H14FN4O2+. The highest BCUT2D eigenvalue weighted by molar-refractivity contribution is 5.98. The van der Waals surface area contributed by atoms with Crippen molar-refractivity contribution in [3.8, 4) is 22.9 Å². The van der Waals surface area contributed by atoms with Crippen LogP contribution in [0.4, 0.5) is 4.39 Å². The molecule has 7 heteroatoms. The van der Waals surface area contributed by atoms with E-state index in [0.29, 0.717) is 17.3 Å². The van der Waals surface area contributed by atoms with E-state index in [1.54, 1.807) is 24.5 Å². The van der Waals surface area contributed by atoms with E-state index < -0.39 is 5.82 Å². The van der Waals surface area contributed by atoms with Gasteiger partial charge in [-0.15, -0.1) is 15.6 Å². The maximum atomic E-state index is 12.9. The average molecular weight is 361 g/mol. The zero-order valence-corrected chi connectivity index (χ0v) is 14.0. The molecule has 4 rings (SSSR count). The Kier molecular flexibility index (Phi) is 4.40. The number of hydrogen-bond donors (Lipinski definition) is 1. The molecule has 0 aliphatic heterocycles. The van der Waals surface area contributed by atoms with Crippen molar-refractivity contribution < 1.29 is 18.3 Å². The van der Waals surface area contributed by atoms with Gasteiger partial charge in [-0.1, -0.05) is 22.9 Å². The highest BCUT2D eigenvalue weighted by atomic mass is 19.1. The van der Waals surface area contributed by atoms with Gasteiger partial charge in [-0.05, 0) is 36.4 Å². The van der Waals surface area contributed by atoms with Gasteiger partial charge in [0.1, 0.15) is 5.82 Å². The number of carbonyl (C=O) groups is 1. The van der Waals surface area contributed by atoms with Gasteiger partial charge in [0.15, 0.2) is 0 Å². The summed E-state index contributed by atoms with van der Waals surface area (Å²) in [5.74, 6) is 0.0766. The molecule has 2 heterocycles. The molecule has 4 aromatic rings. The Morgan fingerprint density at radius 1 is 0.852 bits per heavy atom. The van der Waals surface area contributed by atoms with E-state index in [1.807, 2.05) is 30.3 Å². The van der Waals surface area contributed by atoms with Crippen LogP contribution in [0.25, 0.3) is 22.9 Å². The molecule has 132 valence electrons. The summed E-state index contributed by atoms with van der Waals surface area (Å²) in [6.45, 7) is 0. The Hall–Kier alpha value is -3.87. The number of hydrogen-bond acceptors (Lipinski definition) is 4. The predicted molar refractivity (Wildman–Crippen MR) is 95.5 cm³/mol. The Labute approximate surface area is 153 Å². The van der Waals surface area contributed by atoms with Gasteiger partial charge in [-0.2, -0.15) is 0 Å². The maximum absolute atomic E-state index is 12.9. The van der Waals surface area contributed by atoms with E-state index in [4.69, 9.17) is 4.42 Å². The molecule has 0 unspecified atom stereocenters. The average Bonchev–Trinajstić information content (AvgIpc) is 3.20. The minimum atomic E-state index is -0.391. The van der Waals surface area contributed by atoms with Crippen LogP contribution in [0, 0.1) is 5.82 Å². The van der Waals surface area contributed by atoms with Crippen LogP contribution in [-0.2, 0) is 0 Å². The number of pyridine rings is 1. The second-order valence-corrected chi connectivity index (χ2v) is 5.72. The van der Waals surface area contributed by atoms with Gasteiger partial charge in [-0.3, -0.25) is 4.79 Å². The number of nitrogens with one attached hydrogen (secondary N) is 1. The van der Waals surface area contributed by atoms with E-state index in [0.717, 1.165) is 11.1 Å². The number of halogens is 1. The van der Waals surface area contributed by atoms with Crippen molar-refractivity contribution in [1.82, 2.24) is 10.2 Å². The molecule has 0 spiro atoms. The summed E-state index contributed by atoms with van der Waals surface area (Å²) < 4.78 is 20.1. The predicted octanol–water partition coefficient (Wildman–Crippen LogP) is 3.21. The summed E-state index contributed by atoms with van der Waals surface area (Å²) in [7, 11) is 0. The van der Waals surface area contributed by atoms with Gasteiger partial charge in [0.05, 0.1) is 5.56 Å². The monoisotopic (exact) mass is 361 g/mol. The van der Waals surface area contributed by atoms with Crippen molar-refractivity contribution in [2.75, 3.05) is 5.43 Å². The number of rotatable bonds is 4. The summed E-state index contributed by atoms with van der Waals surface area (Å²) in [6.07, 6.45) is 3.31. The quantitative estimate of drug-likeness (QED) is 0.567. The van der Waals surface area contributed by atoms with Gasteiger partial charge in [0.2, 0.25) is 24.2 Å². The summed E-state index contributed by atoms with van der Waals surface area (Å²) in [6, 6.07) is 18.3. The van der Waals surface area contributed by atoms with E-state index in [2.05, 4.69) is 15.6 Å². The summed E-state index contributed by atoms with van der Waals surface area (Å²) in [5, 5.41) is 8.12. The highest BCUT2D eigenvalue weighted by Gasteiger charge is 2.14. The molecule has 27 heavy (non-hydrogen) atoms. The normalized spacial score (nSPS) is 10.6. The fraction of sp³-hybridized carbons (Fsp3) is 0. The molecule has 0 bridgehead atoms. The van der Waals surface area contributed by atoms with Crippen molar-refractivity contribution >= 4 is 5.91 Å². The Morgan fingerprint density at radius 2 is 1.44 bits per heavy atom. The number of aromatic nitrogens is 3. The van der Waals surface area contributed by atoms with Crippen LogP contribution in [0.5, 0.6) is 0 Å². The Balaban J connectivity index is 1.48. The molecule has 0 fully saturated rings. The molecule has 0 aliphatic rings. The molecule has 0 atom stereocenters. The third-order valence-electron chi connectivity index (χ3n) is 3.86. The van der Waals surface area contributed by atoms with Crippen LogP contribution >= 0.6 is 0 Å². The van der Waals surface area contributed by atoms with Gasteiger partial charge >= 0.3 is 5.91 Å². The molecule has 6 nitrogen and oxygen atoms in total. The molecule has 0 saturated carbocycles. The molecule has 2 aromatic heterocycles. The van der Waals surface area contributed by atoms with Crippen molar-refractivity contribution in [3.05, 3.63) is 90.5 Å². The van der Waals surface area contributed by atoms with Crippen LogP contribution in [0.15, 0.2) is 83.5 Å². The number of nitrogens with zero attached hydrogens (tertiary/aromatic N) is 3. The van der Waals surface area contributed by atoms with Crippen LogP contribution in [-0.4, -0.2) is 16.1 Å². The first-order valence-corrected chi connectivity index (χ1v) is 8.16. The number of amides is 1. The lowest BCUT2D eigenvalue weighted by atomic mass is 10.2. The summed E-state index contributed by atoms with van der Waals surface area (Å²) >= 11 is 0. The van der Waals surface area contributed by atoms with E-state index >= 15 is 0 Å². The number of benzene rings is 2.